The van der Waals surface area contributed by atoms with Gasteiger partial charge in [0.15, 0.2) is 0 Å². The van der Waals surface area contributed by atoms with Crippen LogP contribution in [0.3, 0.4) is 0 Å². The minimum absolute atomic E-state index is 0.149. The van der Waals surface area contributed by atoms with E-state index in [-0.39, 0.29) is 21.3 Å². The maximum atomic E-state index is 13.4. The second-order valence-electron chi connectivity index (χ2n) is 6.49. The molecule has 0 atom stereocenters. The summed E-state index contributed by atoms with van der Waals surface area (Å²) in [6.07, 6.45) is 0. The number of amides is 1. The summed E-state index contributed by atoms with van der Waals surface area (Å²) in [7, 11) is 2.51. The fourth-order valence-corrected chi connectivity index (χ4v) is 4.32. The van der Waals surface area contributed by atoms with Crippen LogP contribution in [0.25, 0.3) is 0 Å². The molecule has 0 radical (unpaired) electrons. The fraction of sp³-hybridized carbons (Fsp3) is 0.174. The van der Waals surface area contributed by atoms with Gasteiger partial charge < -0.3 is 14.8 Å². The predicted molar refractivity (Wildman–Crippen MR) is 115 cm³/mol. The molecular formula is C23H21NO5S. The number of ether oxygens (including phenoxy) is 2. The van der Waals surface area contributed by atoms with E-state index in [4.69, 9.17) is 9.47 Å². The zero-order valence-corrected chi connectivity index (χ0v) is 17.6. The van der Waals surface area contributed by atoms with E-state index in [9.17, 15) is 14.4 Å². The molecule has 0 aliphatic carbocycles. The number of rotatable bonds is 6. The smallest absolute Gasteiger partial charge is 0.348 e. The second kappa shape index (κ2) is 9.37. The van der Waals surface area contributed by atoms with Gasteiger partial charge in [-0.05, 0) is 23.6 Å². The molecule has 0 fully saturated rings. The summed E-state index contributed by atoms with van der Waals surface area (Å²) in [6, 6.07) is 18.7. The molecule has 0 unspecified atom stereocenters. The fourth-order valence-electron chi connectivity index (χ4n) is 3.21. The van der Waals surface area contributed by atoms with E-state index >= 15 is 0 Å². The lowest BCUT2D eigenvalue weighted by molar-refractivity contribution is -0.116. The Bertz CT molecular complexity index is 1020. The van der Waals surface area contributed by atoms with Gasteiger partial charge in [-0.25, -0.2) is 9.59 Å². The molecule has 0 spiro atoms. The van der Waals surface area contributed by atoms with Gasteiger partial charge in [0.2, 0.25) is 5.91 Å². The molecule has 1 heterocycles. The largest absolute Gasteiger partial charge is 0.465 e. The van der Waals surface area contributed by atoms with Crippen molar-refractivity contribution in [3.05, 3.63) is 87.8 Å². The lowest BCUT2D eigenvalue weighted by atomic mass is 9.90. The highest BCUT2D eigenvalue weighted by molar-refractivity contribution is 7.18. The molecule has 30 heavy (non-hydrogen) atoms. The Morgan fingerprint density at radius 3 is 1.80 bits per heavy atom. The van der Waals surface area contributed by atoms with Crippen molar-refractivity contribution in [2.24, 2.45) is 0 Å². The molecule has 0 saturated heterocycles. The van der Waals surface area contributed by atoms with Gasteiger partial charge in [-0.1, -0.05) is 60.7 Å². The van der Waals surface area contributed by atoms with Crippen LogP contribution in [-0.2, 0) is 14.3 Å². The molecule has 0 saturated carbocycles. The Morgan fingerprint density at radius 1 is 0.833 bits per heavy atom. The van der Waals surface area contributed by atoms with E-state index in [0.717, 1.165) is 22.5 Å². The topological polar surface area (TPSA) is 81.7 Å². The van der Waals surface area contributed by atoms with Gasteiger partial charge in [-0.15, -0.1) is 11.3 Å². The number of hydrogen-bond donors (Lipinski definition) is 1. The number of carbonyl (C=O) groups is 3. The molecule has 7 heteroatoms. The third-order valence-electron chi connectivity index (χ3n) is 4.67. The Hall–Kier alpha value is -3.45. The van der Waals surface area contributed by atoms with Crippen molar-refractivity contribution >= 4 is 34.2 Å². The first kappa shape index (κ1) is 21.3. The number of anilines is 1. The summed E-state index contributed by atoms with van der Waals surface area (Å²) < 4.78 is 9.66. The number of carbonyl (C=O) groups excluding carboxylic acids is 3. The Balaban J connectivity index is 2.04. The minimum Gasteiger partial charge on any atom is -0.465 e. The van der Waals surface area contributed by atoms with Crippen LogP contribution in [0.2, 0.25) is 0 Å². The van der Waals surface area contributed by atoms with Crippen LogP contribution in [0.4, 0.5) is 5.00 Å². The van der Waals surface area contributed by atoms with Crippen LogP contribution in [-0.4, -0.2) is 32.1 Å². The quantitative estimate of drug-likeness (QED) is 0.594. The molecule has 1 N–H and O–H groups in total. The number of esters is 2. The standard InChI is InChI=1S/C23H21NO5S/c1-14-17(22(26)28-2)21(30-19(14)23(27)29-3)24-20(25)18(15-10-6-4-7-11-15)16-12-8-5-9-13-16/h4-13,18H,1-3H3,(H,24,25). The monoisotopic (exact) mass is 423 g/mol. The molecule has 154 valence electrons. The summed E-state index contributed by atoms with van der Waals surface area (Å²) in [6.45, 7) is 1.62. The summed E-state index contributed by atoms with van der Waals surface area (Å²) in [5, 5.41) is 3.09. The highest BCUT2D eigenvalue weighted by atomic mass is 32.1. The molecule has 6 nitrogen and oxygen atoms in total. The van der Waals surface area contributed by atoms with E-state index in [1.165, 1.54) is 14.2 Å². The highest BCUT2D eigenvalue weighted by Crippen LogP contribution is 2.36. The molecular weight excluding hydrogens is 402 g/mol. The molecule has 3 rings (SSSR count). The molecule has 0 bridgehead atoms. The summed E-state index contributed by atoms with van der Waals surface area (Å²) in [5.41, 5.74) is 2.17. The molecule has 0 aliphatic heterocycles. The number of nitrogens with one attached hydrogen (secondary N) is 1. The van der Waals surface area contributed by atoms with Gasteiger partial charge in [0.1, 0.15) is 9.88 Å². The van der Waals surface area contributed by atoms with Crippen LogP contribution in [0, 0.1) is 6.92 Å². The zero-order chi connectivity index (χ0) is 21.7. The first-order valence-corrected chi connectivity index (χ1v) is 10.00. The van der Waals surface area contributed by atoms with E-state index < -0.39 is 17.9 Å². The van der Waals surface area contributed by atoms with Crippen molar-refractivity contribution in [1.82, 2.24) is 0 Å². The van der Waals surface area contributed by atoms with E-state index in [1.807, 2.05) is 60.7 Å². The summed E-state index contributed by atoms with van der Waals surface area (Å²) in [4.78, 5) is 38.1. The maximum Gasteiger partial charge on any atom is 0.348 e. The van der Waals surface area contributed by atoms with Gasteiger partial charge in [-0.3, -0.25) is 4.79 Å². The number of thiophene rings is 1. The van der Waals surface area contributed by atoms with Crippen LogP contribution >= 0.6 is 11.3 Å². The lowest BCUT2D eigenvalue weighted by Crippen LogP contribution is -2.23. The zero-order valence-electron chi connectivity index (χ0n) is 16.8. The predicted octanol–water partition coefficient (Wildman–Crippen LogP) is 4.40. The van der Waals surface area contributed by atoms with Crippen LogP contribution in [0.15, 0.2) is 60.7 Å². The molecule has 1 amide bonds. The Labute approximate surface area is 178 Å². The molecule has 1 aromatic heterocycles. The van der Waals surface area contributed by atoms with Gasteiger partial charge in [0, 0.05) is 0 Å². The molecule has 0 aliphatic rings. The van der Waals surface area contributed by atoms with E-state index in [1.54, 1.807) is 6.92 Å². The lowest BCUT2D eigenvalue weighted by Gasteiger charge is -2.18. The summed E-state index contributed by atoms with van der Waals surface area (Å²) in [5.74, 6) is -2.13. The van der Waals surface area contributed by atoms with Crippen molar-refractivity contribution in [2.75, 3.05) is 19.5 Å². The van der Waals surface area contributed by atoms with Crippen molar-refractivity contribution in [3.8, 4) is 0 Å². The number of hydrogen-bond acceptors (Lipinski definition) is 6. The van der Waals surface area contributed by atoms with Gasteiger partial charge in [0.25, 0.3) is 0 Å². The SMILES string of the molecule is COC(=O)c1sc(NC(=O)C(c2ccccc2)c2ccccc2)c(C(=O)OC)c1C. The van der Waals surface area contributed by atoms with Crippen molar-refractivity contribution < 1.29 is 23.9 Å². The van der Waals surface area contributed by atoms with Crippen molar-refractivity contribution in [2.45, 2.75) is 12.8 Å². The number of methoxy groups -OCH3 is 2. The third kappa shape index (κ3) is 4.26. The van der Waals surface area contributed by atoms with Crippen molar-refractivity contribution in [3.63, 3.8) is 0 Å². The van der Waals surface area contributed by atoms with Crippen LogP contribution in [0.5, 0.6) is 0 Å². The van der Waals surface area contributed by atoms with Crippen molar-refractivity contribution in [1.29, 1.82) is 0 Å². The van der Waals surface area contributed by atoms with Crippen LogP contribution < -0.4 is 5.32 Å². The van der Waals surface area contributed by atoms with E-state index in [2.05, 4.69) is 5.32 Å². The Kier molecular flexibility index (Phi) is 6.64. The van der Waals surface area contributed by atoms with Crippen LogP contribution in [0.1, 0.15) is 42.6 Å². The molecule has 3 aromatic rings. The Morgan fingerprint density at radius 2 is 1.33 bits per heavy atom. The first-order chi connectivity index (χ1) is 14.5. The number of benzene rings is 2. The average Bonchev–Trinajstić information content (AvgIpc) is 3.10. The van der Waals surface area contributed by atoms with Gasteiger partial charge in [-0.2, -0.15) is 0 Å². The van der Waals surface area contributed by atoms with E-state index in [0.29, 0.717) is 5.56 Å². The molecule has 2 aromatic carbocycles. The second-order valence-corrected chi connectivity index (χ2v) is 7.51. The normalized spacial score (nSPS) is 10.5. The minimum atomic E-state index is -0.634. The summed E-state index contributed by atoms with van der Waals surface area (Å²) >= 11 is 0.991. The third-order valence-corrected chi connectivity index (χ3v) is 5.86. The first-order valence-electron chi connectivity index (χ1n) is 9.18. The average molecular weight is 423 g/mol. The maximum absolute atomic E-state index is 13.4. The highest BCUT2D eigenvalue weighted by Gasteiger charge is 2.29. The van der Waals surface area contributed by atoms with Gasteiger partial charge in [0.05, 0.1) is 25.7 Å². The van der Waals surface area contributed by atoms with Gasteiger partial charge >= 0.3 is 11.9 Å².